The molecule has 2 aromatic rings. The van der Waals surface area contributed by atoms with Gasteiger partial charge in [-0.05, 0) is 129 Å². The van der Waals surface area contributed by atoms with Crippen LogP contribution < -0.4 is 0 Å². The van der Waals surface area contributed by atoms with Crippen LogP contribution in [0.1, 0.15) is 93.7 Å². The van der Waals surface area contributed by atoms with Crippen LogP contribution in [-0.2, 0) is 16.3 Å². The van der Waals surface area contributed by atoms with Gasteiger partial charge >= 0.3 is 12.1 Å². The first-order valence-corrected chi connectivity index (χ1v) is 17.8. The Morgan fingerprint density at radius 1 is 0.889 bits per heavy atom. The van der Waals surface area contributed by atoms with Gasteiger partial charge in [-0.1, -0.05) is 31.0 Å². The summed E-state index contributed by atoms with van der Waals surface area (Å²) in [5.74, 6) is -6.59. The zero-order valence-corrected chi connectivity index (χ0v) is 26.3. The van der Waals surface area contributed by atoms with Crippen LogP contribution in [0.15, 0.2) is 42.5 Å². The molecule has 1 N–H and O–H groups in total. The molecule has 1 fully saturated rings. The first kappa shape index (κ1) is 35.3. The number of likely N-dealkylation sites (tertiary alicyclic amines) is 1. The normalized spacial score (nSPS) is 18.3. The number of rotatable bonds is 15. The molecule has 1 atom stereocenters. The Hall–Kier alpha value is -2.53. The molecule has 11 heteroatoms. The number of halogens is 6. The molecule has 4 rings (SSSR count). The average Bonchev–Trinajstić information content (AvgIpc) is 3.33. The smallest absolute Gasteiger partial charge is 0.453 e. The lowest BCUT2D eigenvalue weighted by molar-refractivity contribution is -0.282. The van der Waals surface area contributed by atoms with Crippen molar-refractivity contribution in [1.82, 2.24) is 4.90 Å². The summed E-state index contributed by atoms with van der Waals surface area (Å²) in [5, 5.41) is 10.1. The molecule has 1 aliphatic carbocycles. The van der Waals surface area contributed by atoms with Gasteiger partial charge in [0.05, 0.1) is 11.5 Å². The summed E-state index contributed by atoms with van der Waals surface area (Å²) in [6, 6.07) is 12.4. The molecular weight excluding hydrogens is 616 g/mol. The van der Waals surface area contributed by atoms with E-state index >= 15 is 0 Å². The number of fused-ring (bicyclic) bond motifs is 1. The Morgan fingerprint density at radius 2 is 1.67 bits per heavy atom. The van der Waals surface area contributed by atoms with Crippen LogP contribution in [0, 0.1) is 5.82 Å². The number of sulfone groups is 1. The Kier molecular flexibility index (Phi) is 12.1. The summed E-state index contributed by atoms with van der Waals surface area (Å²) in [6.45, 7) is 1.78. The first-order valence-electron chi connectivity index (χ1n) is 15.9. The average molecular weight is 660 g/mol. The van der Waals surface area contributed by atoms with Gasteiger partial charge in [0.1, 0.15) is 11.6 Å². The molecule has 1 unspecified atom stereocenters. The van der Waals surface area contributed by atoms with Gasteiger partial charge in [-0.25, -0.2) is 12.8 Å². The van der Waals surface area contributed by atoms with E-state index in [0.717, 1.165) is 99.6 Å². The number of allylic oxidation sites excluding steroid dienone is 2. The molecule has 1 aliphatic heterocycles. The minimum Gasteiger partial charge on any atom is -0.508 e. The third-order valence-corrected chi connectivity index (χ3v) is 10.8. The highest BCUT2D eigenvalue weighted by Gasteiger charge is 2.57. The van der Waals surface area contributed by atoms with Crippen molar-refractivity contribution < 1.29 is 39.9 Å². The predicted octanol–water partition coefficient (Wildman–Crippen LogP) is 8.98. The minimum absolute atomic E-state index is 0.190. The van der Waals surface area contributed by atoms with Crippen molar-refractivity contribution >= 4 is 21.0 Å². The highest BCUT2D eigenvalue weighted by atomic mass is 32.2. The van der Waals surface area contributed by atoms with Crippen molar-refractivity contribution in [3.8, 4) is 5.75 Å². The molecule has 0 aromatic heterocycles. The second-order valence-corrected chi connectivity index (χ2v) is 14.7. The van der Waals surface area contributed by atoms with E-state index in [9.17, 15) is 39.9 Å². The van der Waals surface area contributed by atoms with Gasteiger partial charge in [0.15, 0.2) is 9.84 Å². The van der Waals surface area contributed by atoms with E-state index in [1.165, 1.54) is 11.6 Å². The van der Waals surface area contributed by atoms with E-state index in [1.807, 2.05) is 18.2 Å². The van der Waals surface area contributed by atoms with Crippen molar-refractivity contribution in [3.63, 3.8) is 0 Å². The van der Waals surface area contributed by atoms with Crippen LogP contribution in [0.25, 0.3) is 11.1 Å². The number of unbranched alkanes of at least 4 members (excludes halogenated alkanes) is 3. The third-order valence-electron chi connectivity index (χ3n) is 9.08. The van der Waals surface area contributed by atoms with Gasteiger partial charge in [-0.2, -0.15) is 22.0 Å². The molecule has 45 heavy (non-hydrogen) atoms. The van der Waals surface area contributed by atoms with Crippen molar-refractivity contribution in [3.05, 3.63) is 65.0 Å². The molecule has 1 heterocycles. The summed E-state index contributed by atoms with van der Waals surface area (Å²) in [6.07, 6.45) is 2.63. The van der Waals surface area contributed by atoms with Crippen LogP contribution >= 0.6 is 0 Å². The predicted molar refractivity (Wildman–Crippen MR) is 165 cm³/mol. The maximum atomic E-state index is 14.1. The second-order valence-electron chi connectivity index (χ2n) is 12.4. The molecule has 0 saturated carbocycles. The molecule has 0 bridgehead atoms. The fourth-order valence-electron chi connectivity index (χ4n) is 6.68. The number of nitrogens with zero attached hydrogens (tertiary/aromatic N) is 1. The number of aryl methyl sites for hydroxylation is 1. The molecule has 0 amide bonds. The van der Waals surface area contributed by atoms with E-state index in [0.29, 0.717) is 6.42 Å². The number of alkyl halides is 5. The number of aromatic hydroxyl groups is 1. The Labute approximate surface area is 262 Å². The van der Waals surface area contributed by atoms with Crippen LogP contribution in [-0.4, -0.2) is 61.2 Å². The number of benzene rings is 2. The van der Waals surface area contributed by atoms with Crippen LogP contribution in [0.2, 0.25) is 0 Å². The standard InChI is InChI=1S/C34H43F6NO3S/c35-27-11-5-9-25(23-27)30-15-6-10-26-24-29(42)16-17-31(26)32(30)14-3-1-2-4-19-41-20-7-12-28(41)13-8-21-45(43,44)22-18-33(36,37)34(38,39)40/h5,9,11,16-17,23-24,28,42H,1-4,6-8,10,12-15,18-22H2. The van der Waals surface area contributed by atoms with E-state index in [1.54, 1.807) is 18.2 Å². The van der Waals surface area contributed by atoms with Gasteiger partial charge in [0.2, 0.25) is 0 Å². The highest BCUT2D eigenvalue weighted by Crippen LogP contribution is 2.40. The van der Waals surface area contributed by atoms with E-state index in [-0.39, 0.29) is 29.8 Å². The Morgan fingerprint density at radius 3 is 2.42 bits per heavy atom. The third kappa shape index (κ3) is 9.98. The maximum Gasteiger partial charge on any atom is 0.453 e. The van der Waals surface area contributed by atoms with Crippen LogP contribution in [0.4, 0.5) is 26.3 Å². The summed E-state index contributed by atoms with van der Waals surface area (Å²) in [4.78, 5) is 2.34. The van der Waals surface area contributed by atoms with Gasteiger partial charge < -0.3 is 10.0 Å². The zero-order valence-electron chi connectivity index (χ0n) is 25.5. The largest absolute Gasteiger partial charge is 0.508 e. The number of hydrogen-bond donors (Lipinski definition) is 1. The number of phenolic OH excluding ortho intramolecular Hbond substituents is 1. The number of phenols is 1. The van der Waals surface area contributed by atoms with Gasteiger partial charge in [-0.15, -0.1) is 0 Å². The fourth-order valence-corrected chi connectivity index (χ4v) is 8.06. The lowest BCUT2D eigenvalue weighted by Gasteiger charge is -2.24. The van der Waals surface area contributed by atoms with E-state index in [4.69, 9.17) is 0 Å². The fraction of sp³-hybridized carbons (Fsp3) is 0.588. The maximum absolute atomic E-state index is 14.1. The van der Waals surface area contributed by atoms with E-state index < -0.39 is 34.1 Å². The molecule has 0 radical (unpaired) electrons. The van der Waals surface area contributed by atoms with Crippen molar-refractivity contribution in [1.29, 1.82) is 0 Å². The van der Waals surface area contributed by atoms with Crippen molar-refractivity contribution in [2.45, 2.75) is 102 Å². The summed E-state index contributed by atoms with van der Waals surface area (Å²) in [7, 11) is -4.00. The summed E-state index contributed by atoms with van der Waals surface area (Å²) >= 11 is 0. The summed E-state index contributed by atoms with van der Waals surface area (Å²) < 4.78 is 102. The number of hydrogen-bond acceptors (Lipinski definition) is 4. The molecular formula is C34H43F6NO3S. The van der Waals surface area contributed by atoms with Gasteiger partial charge in [0.25, 0.3) is 0 Å². The Bertz CT molecular complexity index is 1420. The lowest BCUT2D eigenvalue weighted by atomic mass is 9.89. The van der Waals surface area contributed by atoms with Gasteiger partial charge in [0, 0.05) is 12.5 Å². The van der Waals surface area contributed by atoms with E-state index in [2.05, 4.69) is 4.90 Å². The van der Waals surface area contributed by atoms with Crippen molar-refractivity contribution in [2.24, 2.45) is 0 Å². The van der Waals surface area contributed by atoms with Gasteiger partial charge in [-0.3, -0.25) is 0 Å². The van der Waals surface area contributed by atoms with Crippen molar-refractivity contribution in [2.75, 3.05) is 24.6 Å². The topological polar surface area (TPSA) is 57.6 Å². The quantitative estimate of drug-likeness (QED) is 0.153. The molecule has 250 valence electrons. The highest BCUT2D eigenvalue weighted by molar-refractivity contribution is 7.91. The molecule has 2 aliphatic rings. The first-order chi connectivity index (χ1) is 21.3. The van der Waals surface area contributed by atoms with Crippen LogP contribution in [0.3, 0.4) is 0 Å². The second kappa shape index (κ2) is 15.4. The summed E-state index contributed by atoms with van der Waals surface area (Å²) in [5.41, 5.74) is 5.52. The molecule has 1 saturated heterocycles. The minimum atomic E-state index is -5.75. The monoisotopic (exact) mass is 659 g/mol. The molecule has 0 spiro atoms. The lowest BCUT2D eigenvalue weighted by Crippen LogP contribution is -2.38. The van der Waals surface area contributed by atoms with Crippen LogP contribution in [0.5, 0.6) is 5.75 Å². The molecule has 2 aromatic carbocycles. The Balaban J connectivity index is 1.24. The zero-order chi connectivity index (χ0) is 32.7. The molecule has 4 nitrogen and oxygen atoms in total. The SMILES string of the molecule is O=S(=O)(CCCC1CCCN1CCCCCCC1=C(c2cccc(F)c2)CCCc2cc(O)ccc21)CCC(F)(F)C(F)(F)F.